The van der Waals surface area contributed by atoms with Crippen molar-refractivity contribution in [1.82, 2.24) is 14.8 Å². The molecule has 1 aromatic heterocycles. The van der Waals surface area contributed by atoms with Gasteiger partial charge in [-0.1, -0.05) is 0 Å². The van der Waals surface area contributed by atoms with Gasteiger partial charge in [-0.2, -0.15) is 0 Å². The third kappa shape index (κ3) is 3.11. The van der Waals surface area contributed by atoms with Gasteiger partial charge in [-0.3, -0.25) is 9.67 Å². The molecule has 1 heterocycles. The van der Waals surface area contributed by atoms with Crippen LogP contribution in [0.3, 0.4) is 0 Å². The molecule has 2 N–H and O–H groups in total. The van der Waals surface area contributed by atoms with E-state index in [1.165, 1.54) is 4.57 Å². The van der Waals surface area contributed by atoms with Gasteiger partial charge in [0.05, 0.1) is 5.75 Å². The zero-order chi connectivity index (χ0) is 10.8. The minimum atomic E-state index is -2.97. The van der Waals surface area contributed by atoms with Gasteiger partial charge in [0.25, 0.3) is 0 Å². The van der Waals surface area contributed by atoms with Crippen LogP contribution >= 0.6 is 12.2 Å². The number of hydrogen-bond donors (Lipinski definition) is 2. The topological polar surface area (TPSA) is 87.7 Å². The predicted molar refractivity (Wildman–Crippen MR) is 54.6 cm³/mol. The van der Waals surface area contributed by atoms with E-state index in [9.17, 15) is 13.2 Å². The highest BCUT2D eigenvalue weighted by atomic mass is 32.2. The van der Waals surface area contributed by atoms with Crippen LogP contribution in [0.1, 0.15) is 6.42 Å². The molecular formula is C6H11N3O3S2. The number of sulfone groups is 1. The first-order chi connectivity index (χ1) is 6.40. The smallest absolute Gasteiger partial charge is 0.272 e. The summed E-state index contributed by atoms with van der Waals surface area (Å²) in [5.74, 6) is 0.0550. The number of nitrogens with one attached hydrogen (secondary N) is 2. The lowest BCUT2D eigenvalue weighted by Gasteiger charge is -1.98. The van der Waals surface area contributed by atoms with Gasteiger partial charge in [0.1, 0.15) is 9.84 Å². The van der Waals surface area contributed by atoms with Gasteiger partial charge < -0.3 is 0 Å². The Hall–Kier alpha value is -0.890. The van der Waals surface area contributed by atoms with Crippen LogP contribution in [-0.4, -0.2) is 35.2 Å². The first-order valence-electron chi connectivity index (χ1n) is 3.95. The van der Waals surface area contributed by atoms with Crippen molar-refractivity contribution in [3.8, 4) is 0 Å². The first kappa shape index (κ1) is 11.2. The Balaban J connectivity index is 2.64. The molecule has 14 heavy (non-hydrogen) atoms. The fourth-order valence-electron chi connectivity index (χ4n) is 1.02. The first-order valence-corrected chi connectivity index (χ1v) is 6.42. The molecule has 1 aromatic rings. The monoisotopic (exact) mass is 237 g/mol. The summed E-state index contributed by atoms with van der Waals surface area (Å²) in [4.78, 5) is 11.1. The van der Waals surface area contributed by atoms with Crippen LogP contribution in [-0.2, 0) is 16.4 Å². The Morgan fingerprint density at radius 1 is 1.43 bits per heavy atom. The molecule has 0 aromatic carbocycles. The molecule has 0 aliphatic carbocycles. The Bertz CT molecular complexity index is 479. The summed E-state index contributed by atoms with van der Waals surface area (Å²) in [5.41, 5.74) is -0.344. The van der Waals surface area contributed by atoms with E-state index in [-0.39, 0.29) is 16.2 Å². The molecular weight excluding hydrogens is 226 g/mol. The third-order valence-electron chi connectivity index (χ3n) is 1.66. The van der Waals surface area contributed by atoms with Gasteiger partial charge in [-0.25, -0.2) is 18.3 Å². The van der Waals surface area contributed by atoms with Gasteiger partial charge in [0.15, 0.2) is 4.77 Å². The number of aromatic nitrogens is 3. The second kappa shape index (κ2) is 4.09. The highest BCUT2D eigenvalue weighted by Crippen LogP contribution is 1.92. The maximum Gasteiger partial charge on any atom is 0.342 e. The molecule has 0 bridgehead atoms. The number of hydrogen-bond acceptors (Lipinski definition) is 4. The quantitative estimate of drug-likeness (QED) is 0.702. The van der Waals surface area contributed by atoms with Crippen LogP contribution < -0.4 is 5.69 Å². The minimum absolute atomic E-state index is 0.0550. The van der Waals surface area contributed by atoms with Crippen molar-refractivity contribution < 1.29 is 8.42 Å². The van der Waals surface area contributed by atoms with Gasteiger partial charge >= 0.3 is 5.69 Å². The summed E-state index contributed by atoms with van der Waals surface area (Å²) in [7, 11) is -2.97. The molecule has 0 amide bonds. The molecule has 80 valence electrons. The molecule has 1 rings (SSSR count). The average Bonchev–Trinajstić information content (AvgIpc) is 2.33. The molecule has 0 saturated heterocycles. The number of H-pyrrole nitrogens is 2. The Morgan fingerprint density at radius 3 is 2.50 bits per heavy atom. The van der Waals surface area contributed by atoms with E-state index in [0.29, 0.717) is 13.0 Å². The van der Waals surface area contributed by atoms with Crippen LogP contribution in [0.25, 0.3) is 0 Å². The van der Waals surface area contributed by atoms with Crippen LogP contribution in [0.15, 0.2) is 4.79 Å². The molecule has 0 spiro atoms. The largest absolute Gasteiger partial charge is 0.342 e. The maximum absolute atomic E-state index is 11.1. The molecule has 0 saturated carbocycles. The molecule has 6 nitrogen and oxygen atoms in total. The minimum Gasteiger partial charge on any atom is -0.272 e. The van der Waals surface area contributed by atoms with E-state index < -0.39 is 9.84 Å². The van der Waals surface area contributed by atoms with Crippen molar-refractivity contribution in [1.29, 1.82) is 0 Å². The van der Waals surface area contributed by atoms with Gasteiger partial charge in [0, 0.05) is 12.8 Å². The second-order valence-electron chi connectivity index (χ2n) is 3.00. The van der Waals surface area contributed by atoms with E-state index >= 15 is 0 Å². The fourth-order valence-corrected chi connectivity index (χ4v) is 1.90. The van der Waals surface area contributed by atoms with E-state index in [4.69, 9.17) is 12.2 Å². The van der Waals surface area contributed by atoms with Crippen molar-refractivity contribution in [3.05, 3.63) is 15.3 Å². The Morgan fingerprint density at radius 2 is 2.07 bits per heavy atom. The number of aromatic amines is 2. The number of rotatable bonds is 4. The molecule has 8 heteroatoms. The summed E-state index contributed by atoms with van der Waals surface area (Å²) in [6.45, 7) is 0.310. The van der Waals surface area contributed by atoms with E-state index in [1.807, 2.05) is 0 Å². The molecule has 0 aliphatic rings. The highest BCUT2D eigenvalue weighted by molar-refractivity contribution is 7.90. The Kier molecular flexibility index (Phi) is 3.27. The SMILES string of the molecule is CS(=O)(=O)CCCn1c(=O)[nH][nH]c1=S. The zero-order valence-corrected chi connectivity index (χ0v) is 9.24. The summed E-state index contributed by atoms with van der Waals surface area (Å²) in [5, 5.41) is 4.79. The summed E-state index contributed by atoms with van der Waals surface area (Å²) < 4.78 is 23.2. The van der Waals surface area contributed by atoms with Gasteiger partial charge in [-0.15, -0.1) is 0 Å². The van der Waals surface area contributed by atoms with Crippen LogP contribution in [0.5, 0.6) is 0 Å². The lowest BCUT2D eigenvalue weighted by atomic mass is 10.5. The zero-order valence-electron chi connectivity index (χ0n) is 7.61. The van der Waals surface area contributed by atoms with E-state index in [2.05, 4.69) is 10.2 Å². The average molecular weight is 237 g/mol. The Labute approximate surface area is 85.9 Å². The van der Waals surface area contributed by atoms with Crippen LogP contribution in [0.2, 0.25) is 0 Å². The lowest BCUT2D eigenvalue weighted by molar-refractivity contribution is 0.588. The number of nitrogens with zero attached hydrogens (tertiary/aromatic N) is 1. The molecule has 0 radical (unpaired) electrons. The third-order valence-corrected chi connectivity index (χ3v) is 3.02. The lowest BCUT2D eigenvalue weighted by Crippen LogP contribution is -2.18. The summed E-state index contributed by atoms with van der Waals surface area (Å²) in [6, 6.07) is 0. The van der Waals surface area contributed by atoms with Crippen LogP contribution in [0.4, 0.5) is 0 Å². The van der Waals surface area contributed by atoms with E-state index in [1.54, 1.807) is 0 Å². The van der Waals surface area contributed by atoms with Crippen molar-refractivity contribution in [2.24, 2.45) is 0 Å². The normalized spacial score (nSPS) is 11.8. The van der Waals surface area contributed by atoms with Crippen molar-refractivity contribution in [2.45, 2.75) is 13.0 Å². The van der Waals surface area contributed by atoms with E-state index in [0.717, 1.165) is 6.26 Å². The molecule has 0 aliphatic heterocycles. The maximum atomic E-state index is 11.1. The second-order valence-corrected chi connectivity index (χ2v) is 5.64. The summed E-state index contributed by atoms with van der Waals surface area (Å²) >= 11 is 4.81. The molecule has 0 unspecified atom stereocenters. The van der Waals surface area contributed by atoms with Gasteiger partial charge in [0.2, 0.25) is 0 Å². The standard InChI is InChI=1S/C6H11N3O3S2/c1-14(11,12)4-2-3-9-5(10)7-8-6(9)13/h2-4H2,1H3,(H,7,10)(H,8,13). The summed E-state index contributed by atoms with van der Waals surface area (Å²) in [6.07, 6.45) is 1.54. The van der Waals surface area contributed by atoms with Crippen LogP contribution in [0, 0.1) is 4.77 Å². The predicted octanol–water partition coefficient (Wildman–Crippen LogP) is -0.331. The molecule has 0 atom stereocenters. The van der Waals surface area contributed by atoms with Crippen molar-refractivity contribution in [3.63, 3.8) is 0 Å². The highest BCUT2D eigenvalue weighted by Gasteiger charge is 2.04. The van der Waals surface area contributed by atoms with Crippen molar-refractivity contribution >= 4 is 22.1 Å². The molecule has 0 fully saturated rings. The fraction of sp³-hybridized carbons (Fsp3) is 0.667. The van der Waals surface area contributed by atoms with Crippen molar-refractivity contribution in [2.75, 3.05) is 12.0 Å². The van der Waals surface area contributed by atoms with Gasteiger partial charge in [-0.05, 0) is 18.6 Å².